The standard InChI is InChI=1S/C4H9NO3S/c1-2-5-9(7,8)4-3-6/h3,5H,2,4H2,1H3. The van der Waals surface area contributed by atoms with Crippen LogP contribution in [0.3, 0.4) is 0 Å². The second kappa shape index (κ2) is 3.58. The first-order valence-corrected chi connectivity index (χ1v) is 4.18. The van der Waals surface area contributed by atoms with E-state index in [1.165, 1.54) is 0 Å². The summed E-state index contributed by atoms with van der Waals surface area (Å²) in [5.41, 5.74) is 0. The van der Waals surface area contributed by atoms with E-state index in [4.69, 9.17) is 0 Å². The number of aldehydes is 1. The Morgan fingerprint density at radius 3 is 2.44 bits per heavy atom. The fourth-order valence-corrected chi connectivity index (χ4v) is 1.11. The minimum atomic E-state index is -3.30. The van der Waals surface area contributed by atoms with Crippen LogP contribution in [0.1, 0.15) is 6.92 Å². The van der Waals surface area contributed by atoms with E-state index < -0.39 is 15.8 Å². The summed E-state index contributed by atoms with van der Waals surface area (Å²) in [6, 6.07) is 0. The maximum Gasteiger partial charge on any atom is 0.218 e. The zero-order valence-electron chi connectivity index (χ0n) is 5.12. The van der Waals surface area contributed by atoms with E-state index in [1.54, 1.807) is 6.92 Å². The molecule has 0 aromatic carbocycles. The van der Waals surface area contributed by atoms with Crippen LogP contribution in [-0.4, -0.2) is 27.0 Å². The molecule has 0 aliphatic carbocycles. The Labute approximate surface area is 54.3 Å². The lowest BCUT2D eigenvalue weighted by Gasteiger charge is -1.96. The van der Waals surface area contributed by atoms with E-state index in [0.717, 1.165) is 0 Å². The van der Waals surface area contributed by atoms with Crippen LogP contribution < -0.4 is 4.72 Å². The number of rotatable bonds is 4. The van der Waals surface area contributed by atoms with Crippen LogP contribution in [0, 0.1) is 0 Å². The zero-order chi connectivity index (χ0) is 7.33. The molecule has 0 unspecified atom stereocenters. The van der Waals surface area contributed by atoms with Gasteiger partial charge in [0.25, 0.3) is 0 Å². The quantitative estimate of drug-likeness (QED) is 0.531. The number of hydrogen-bond donors (Lipinski definition) is 1. The van der Waals surface area contributed by atoms with Gasteiger partial charge < -0.3 is 4.79 Å². The Morgan fingerprint density at radius 1 is 1.56 bits per heavy atom. The Kier molecular flexibility index (Phi) is 3.41. The molecule has 0 spiro atoms. The Bertz CT molecular complexity index is 172. The summed E-state index contributed by atoms with van der Waals surface area (Å²) in [6.07, 6.45) is 0.359. The molecule has 9 heavy (non-hydrogen) atoms. The minimum absolute atomic E-state index is 0.330. The van der Waals surface area contributed by atoms with Crippen molar-refractivity contribution in [2.75, 3.05) is 12.3 Å². The minimum Gasteiger partial charge on any atom is -0.302 e. The number of sulfonamides is 1. The first-order chi connectivity index (χ1) is 4.12. The van der Waals surface area contributed by atoms with Crippen LogP contribution in [0.5, 0.6) is 0 Å². The third-order valence-corrected chi connectivity index (χ3v) is 1.96. The van der Waals surface area contributed by atoms with Gasteiger partial charge in [-0.25, -0.2) is 13.1 Å². The van der Waals surface area contributed by atoms with Gasteiger partial charge in [-0.3, -0.25) is 0 Å². The molecule has 1 N–H and O–H groups in total. The SMILES string of the molecule is CCNS(=O)(=O)CC=O. The highest BCUT2D eigenvalue weighted by Crippen LogP contribution is 1.77. The maximum absolute atomic E-state index is 10.5. The Balaban J connectivity index is 3.88. The summed E-state index contributed by atoms with van der Waals surface area (Å²) < 4.78 is 23.1. The van der Waals surface area contributed by atoms with E-state index in [-0.39, 0.29) is 0 Å². The monoisotopic (exact) mass is 151 g/mol. The summed E-state index contributed by atoms with van der Waals surface area (Å²) in [7, 11) is -3.30. The van der Waals surface area contributed by atoms with Gasteiger partial charge in [0.1, 0.15) is 12.0 Å². The predicted molar refractivity (Wildman–Crippen MR) is 33.5 cm³/mol. The Morgan fingerprint density at radius 2 is 2.11 bits per heavy atom. The molecule has 0 bridgehead atoms. The lowest BCUT2D eigenvalue weighted by atomic mass is 10.8. The van der Waals surface area contributed by atoms with Crippen LogP contribution in [0.2, 0.25) is 0 Å². The van der Waals surface area contributed by atoms with Crippen molar-refractivity contribution in [3.05, 3.63) is 0 Å². The zero-order valence-corrected chi connectivity index (χ0v) is 5.94. The molecule has 0 saturated heterocycles. The number of nitrogens with one attached hydrogen (secondary N) is 1. The van der Waals surface area contributed by atoms with Gasteiger partial charge >= 0.3 is 0 Å². The van der Waals surface area contributed by atoms with Crippen molar-refractivity contribution in [1.29, 1.82) is 0 Å². The van der Waals surface area contributed by atoms with Crippen molar-refractivity contribution in [1.82, 2.24) is 4.72 Å². The average molecular weight is 151 g/mol. The maximum atomic E-state index is 10.5. The molecule has 0 atom stereocenters. The highest BCUT2D eigenvalue weighted by molar-refractivity contribution is 7.90. The van der Waals surface area contributed by atoms with Crippen LogP contribution in [0.4, 0.5) is 0 Å². The van der Waals surface area contributed by atoms with Gasteiger partial charge in [0.2, 0.25) is 10.0 Å². The molecule has 0 fully saturated rings. The molecule has 5 heteroatoms. The first kappa shape index (κ1) is 8.58. The Hall–Kier alpha value is -0.420. The van der Waals surface area contributed by atoms with Crippen molar-refractivity contribution in [3.8, 4) is 0 Å². The van der Waals surface area contributed by atoms with Gasteiger partial charge in [-0.2, -0.15) is 0 Å². The van der Waals surface area contributed by atoms with Crippen molar-refractivity contribution in [2.24, 2.45) is 0 Å². The third kappa shape index (κ3) is 4.11. The summed E-state index contributed by atoms with van der Waals surface area (Å²) >= 11 is 0. The molecule has 0 aromatic rings. The molecule has 0 rings (SSSR count). The molecule has 0 heterocycles. The van der Waals surface area contributed by atoms with E-state index in [9.17, 15) is 13.2 Å². The van der Waals surface area contributed by atoms with E-state index in [2.05, 4.69) is 4.72 Å². The topological polar surface area (TPSA) is 63.2 Å². The smallest absolute Gasteiger partial charge is 0.218 e. The third-order valence-electron chi connectivity index (χ3n) is 0.652. The summed E-state index contributed by atoms with van der Waals surface area (Å²) in [5, 5.41) is 0. The molecule has 0 amide bonds. The summed E-state index contributed by atoms with van der Waals surface area (Å²) in [5.74, 6) is -0.444. The van der Waals surface area contributed by atoms with Gasteiger partial charge in [0.05, 0.1) is 0 Å². The molecule has 0 aromatic heterocycles. The van der Waals surface area contributed by atoms with Gasteiger partial charge in [-0.15, -0.1) is 0 Å². The van der Waals surface area contributed by atoms with Crippen molar-refractivity contribution < 1.29 is 13.2 Å². The molecule has 54 valence electrons. The molecule has 0 saturated carbocycles. The lowest BCUT2D eigenvalue weighted by molar-refractivity contribution is -0.105. The summed E-state index contributed by atoms with van der Waals surface area (Å²) in [6.45, 7) is 1.98. The highest BCUT2D eigenvalue weighted by Gasteiger charge is 2.04. The predicted octanol–water partition coefficient (Wildman–Crippen LogP) is -0.875. The fourth-order valence-electron chi connectivity index (χ4n) is 0.368. The molecular weight excluding hydrogens is 142 g/mol. The number of hydrogen-bond acceptors (Lipinski definition) is 3. The lowest BCUT2D eigenvalue weighted by Crippen LogP contribution is -2.26. The van der Waals surface area contributed by atoms with Crippen molar-refractivity contribution in [3.63, 3.8) is 0 Å². The van der Waals surface area contributed by atoms with Crippen LogP contribution >= 0.6 is 0 Å². The highest BCUT2D eigenvalue weighted by atomic mass is 32.2. The van der Waals surface area contributed by atoms with Crippen molar-refractivity contribution >= 4 is 16.3 Å². The number of carbonyl (C=O) groups excluding carboxylic acids is 1. The van der Waals surface area contributed by atoms with Gasteiger partial charge in [-0.1, -0.05) is 6.92 Å². The number of carbonyl (C=O) groups is 1. The van der Waals surface area contributed by atoms with E-state index in [1.807, 2.05) is 0 Å². The van der Waals surface area contributed by atoms with Crippen molar-refractivity contribution in [2.45, 2.75) is 6.92 Å². The second-order valence-corrected chi connectivity index (χ2v) is 3.30. The van der Waals surface area contributed by atoms with Gasteiger partial charge in [-0.05, 0) is 0 Å². The van der Waals surface area contributed by atoms with Gasteiger partial charge in [0, 0.05) is 6.54 Å². The largest absolute Gasteiger partial charge is 0.302 e. The fraction of sp³-hybridized carbons (Fsp3) is 0.750. The normalized spacial score (nSPS) is 11.2. The molecule has 4 nitrogen and oxygen atoms in total. The molecular formula is C4H9NO3S. The van der Waals surface area contributed by atoms with E-state index >= 15 is 0 Å². The molecule has 0 radical (unpaired) electrons. The van der Waals surface area contributed by atoms with Gasteiger partial charge in [0.15, 0.2) is 0 Å². The van der Waals surface area contributed by atoms with Crippen LogP contribution in [0.25, 0.3) is 0 Å². The molecule has 0 aliphatic heterocycles. The average Bonchev–Trinajstić information content (AvgIpc) is 1.64. The summed E-state index contributed by atoms with van der Waals surface area (Å²) in [4.78, 5) is 9.68. The first-order valence-electron chi connectivity index (χ1n) is 2.53. The van der Waals surface area contributed by atoms with E-state index in [0.29, 0.717) is 12.8 Å². The molecule has 0 aliphatic rings. The second-order valence-electron chi connectivity index (χ2n) is 1.45. The van der Waals surface area contributed by atoms with Crippen LogP contribution in [0.15, 0.2) is 0 Å². The van der Waals surface area contributed by atoms with Crippen LogP contribution in [-0.2, 0) is 14.8 Å².